The number of benzene rings is 1. The number of ether oxygens (including phenoxy) is 1. The summed E-state index contributed by atoms with van der Waals surface area (Å²) in [6, 6.07) is 7.75. The third kappa shape index (κ3) is 3.22. The van der Waals surface area contributed by atoms with Gasteiger partial charge in [0.1, 0.15) is 5.75 Å². The monoisotopic (exact) mass is 290 g/mol. The molecule has 1 heterocycles. The first-order chi connectivity index (χ1) is 9.67. The molecule has 2 aromatic rings. The van der Waals surface area contributed by atoms with E-state index in [1.54, 1.807) is 7.11 Å². The first kappa shape index (κ1) is 14.7. The van der Waals surface area contributed by atoms with Gasteiger partial charge in [0, 0.05) is 12.0 Å². The van der Waals surface area contributed by atoms with Gasteiger partial charge in [-0.3, -0.25) is 4.79 Å². The molecule has 0 aliphatic carbocycles. The number of aromatic amines is 1. The molecule has 4 nitrogen and oxygen atoms in total. The zero-order chi connectivity index (χ0) is 14.5. The molecule has 0 fully saturated rings. The largest absolute Gasteiger partial charge is 0.497 e. The smallest absolute Gasteiger partial charge is 0.255 e. The lowest BCUT2D eigenvalue weighted by Gasteiger charge is -2.08. The fourth-order valence-corrected chi connectivity index (χ4v) is 2.44. The molecule has 0 radical (unpaired) electrons. The number of rotatable bonds is 5. The van der Waals surface area contributed by atoms with Crippen LogP contribution in [0.15, 0.2) is 34.2 Å². The third-order valence-electron chi connectivity index (χ3n) is 3.15. The van der Waals surface area contributed by atoms with Crippen molar-refractivity contribution in [3.8, 4) is 5.75 Å². The second kappa shape index (κ2) is 6.61. The summed E-state index contributed by atoms with van der Waals surface area (Å²) < 4.78 is 5.14. The molecule has 0 aliphatic heterocycles. The van der Waals surface area contributed by atoms with E-state index in [4.69, 9.17) is 4.74 Å². The summed E-state index contributed by atoms with van der Waals surface area (Å²) in [6.45, 7) is 2.02. The Bertz CT molecular complexity index is 635. The first-order valence-electron chi connectivity index (χ1n) is 6.47. The Kier molecular flexibility index (Phi) is 4.84. The SMILES string of the molecule is CCc1nc(SC)[nH]c(=O)c1Cc1ccc(OC)cc1. The third-order valence-corrected chi connectivity index (χ3v) is 3.73. The van der Waals surface area contributed by atoms with E-state index in [2.05, 4.69) is 9.97 Å². The maximum Gasteiger partial charge on any atom is 0.255 e. The van der Waals surface area contributed by atoms with Crippen molar-refractivity contribution >= 4 is 11.8 Å². The maximum atomic E-state index is 12.2. The van der Waals surface area contributed by atoms with Crippen molar-refractivity contribution in [2.75, 3.05) is 13.4 Å². The number of nitrogens with one attached hydrogen (secondary N) is 1. The molecule has 0 unspecified atom stereocenters. The Labute approximate surface area is 122 Å². The Balaban J connectivity index is 2.34. The van der Waals surface area contributed by atoms with Crippen LogP contribution in [0.2, 0.25) is 0 Å². The highest BCUT2D eigenvalue weighted by Crippen LogP contribution is 2.16. The normalized spacial score (nSPS) is 10.6. The van der Waals surface area contributed by atoms with Gasteiger partial charge < -0.3 is 9.72 Å². The topological polar surface area (TPSA) is 55.0 Å². The molecule has 0 bridgehead atoms. The van der Waals surface area contributed by atoms with Gasteiger partial charge in [0.2, 0.25) is 0 Å². The minimum atomic E-state index is -0.0444. The number of aromatic nitrogens is 2. The summed E-state index contributed by atoms with van der Waals surface area (Å²) in [5, 5.41) is 0.672. The second-order valence-electron chi connectivity index (χ2n) is 4.38. The molecule has 0 saturated carbocycles. The van der Waals surface area contributed by atoms with Crippen LogP contribution in [-0.4, -0.2) is 23.3 Å². The van der Waals surface area contributed by atoms with Gasteiger partial charge in [-0.15, -0.1) is 0 Å². The van der Waals surface area contributed by atoms with Gasteiger partial charge >= 0.3 is 0 Å². The highest BCUT2D eigenvalue weighted by Gasteiger charge is 2.10. The molecule has 1 aromatic carbocycles. The number of hydrogen-bond donors (Lipinski definition) is 1. The summed E-state index contributed by atoms with van der Waals surface area (Å²) in [4.78, 5) is 19.5. The fourth-order valence-electron chi connectivity index (χ4n) is 2.04. The maximum absolute atomic E-state index is 12.2. The van der Waals surface area contributed by atoms with Gasteiger partial charge in [-0.1, -0.05) is 30.8 Å². The summed E-state index contributed by atoms with van der Waals surface area (Å²) in [6.07, 6.45) is 3.24. The van der Waals surface area contributed by atoms with Crippen molar-refractivity contribution in [2.45, 2.75) is 24.9 Å². The lowest BCUT2D eigenvalue weighted by Crippen LogP contribution is -2.18. The van der Waals surface area contributed by atoms with E-state index in [-0.39, 0.29) is 5.56 Å². The van der Waals surface area contributed by atoms with Crippen LogP contribution in [0, 0.1) is 0 Å². The van der Waals surface area contributed by atoms with Gasteiger partial charge in [-0.2, -0.15) is 0 Å². The second-order valence-corrected chi connectivity index (χ2v) is 5.17. The van der Waals surface area contributed by atoms with Crippen LogP contribution in [-0.2, 0) is 12.8 Å². The lowest BCUT2D eigenvalue weighted by atomic mass is 10.0. The van der Waals surface area contributed by atoms with Crippen LogP contribution in [0.4, 0.5) is 0 Å². The number of aryl methyl sites for hydroxylation is 1. The van der Waals surface area contributed by atoms with E-state index >= 15 is 0 Å². The van der Waals surface area contributed by atoms with E-state index < -0.39 is 0 Å². The molecule has 0 amide bonds. The van der Waals surface area contributed by atoms with Crippen LogP contribution >= 0.6 is 11.8 Å². The molecule has 106 valence electrons. The van der Waals surface area contributed by atoms with Crippen molar-refractivity contribution in [2.24, 2.45) is 0 Å². The predicted octanol–water partition coefficient (Wildman–Crippen LogP) is 2.65. The van der Waals surface area contributed by atoms with Crippen molar-refractivity contribution in [3.05, 3.63) is 51.4 Å². The van der Waals surface area contributed by atoms with Crippen LogP contribution in [0.25, 0.3) is 0 Å². The summed E-state index contributed by atoms with van der Waals surface area (Å²) in [7, 11) is 1.64. The van der Waals surface area contributed by atoms with Crippen molar-refractivity contribution in [1.29, 1.82) is 0 Å². The van der Waals surface area contributed by atoms with E-state index in [9.17, 15) is 4.79 Å². The van der Waals surface area contributed by atoms with E-state index in [0.717, 1.165) is 29.0 Å². The van der Waals surface area contributed by atoms with Crippen LogP contribution in [0.3, 0.4) is 0 Å². The molecule has 0 aliphatic rings. The molecule has 5 heteroatoms. The Morgan fingerprint density at radius 2 is 2.00 bits per heavy atom. The summed E-state index contributed by atoms with van der Waals surface area (Å²) in [5.74, 6) is 0.814. The molecule has 0 spiro atoms. The van der Waals surface area contributed by atoms with Crippen molar-refractivity contribution < 1.29 is 4.74 Å². The zero-order valence-corrected chi connectivity index (χ0v) is 12.7. The van der Waals surface area contributed by atoms with Crippen LogP contribution in [0.5, 0.6) is 5.75 Å². The number of methoxy groups -OCH3 is 1. The van der Waals surface area contributed by atoms with Crippen LogP contribution in [0.1, 0.15) is 23.7 Å². The van der Waals surface area contributed by atoms with E-state index in [0.29, 0.717) is 11.6 Å². The van der Waals surface area contributed by atoms with Gasteiger partial charge in [0.15, 0.2) is 5.16 Å². The minimum Gasteiger partial charge on any atom is -0.497 e. The molecule has 0 atom stereocenters. The molecule has 0 saturated heterocycles. The fraction of sp³-hybridized carbons (Fsp3) is 0.333. The van der Waals surface area contributed by atoms with E-state index in [1.807, 2.05) is 37.4 Å². The number of hydrogen-bond acceptors (Lipinski definition) is 4. The Morgan fingerprint density at radius 3 is 2.55 bits per heavy atom. The minimum absolute atomic E-state index is 0.0444. The molecule has 20 heavy (non-hydrogen) atoms. The zero-order valence-electron chi connectivity index (χ0n) is 11.9. The van der Waals surface area contributed by atoms with Gasteiger partial charge in [-0.25, -0.2) is 4.98 Å². The van der Waals surface area contributed by atoms with Crippen LogP contribution < -0.4 is 10.3 Å². The molecular formula is C15H18N2O2S. The molecule has 2 rings (SSSR count). The quantitative estimate of drug-likeness (QED) is 0.679. The molecular weight excluding hydrogens is 272 g/mol. The molecule has 1 aromatic heterocycles. The van der Waals surface area contributed by atoms with Crippen molar-refractivity contribution in [3.63, 3.8) is 0 Å². The number of thioether (sulfide) groups is 1. The molecule has 1 N–H and O–H groups in total. The predicted molar refractivity (Wildman–Crippen MR) is 81.8 cm³/mol. The first-order valence-corrected chi connectivity index (χ1v) is 7.69. The standard InChI is InChI=1S/C15H18N2O2S/c1-4-13-12(14(18)17-15(16-13)20-3)9-10-5-7-11(19-2)8-6-10/h5-8H,4,9H2,1-3H3,(H,16,17,18). The highest BCUT2D eigenvalue weighted by molar-refractivity contribution is 7.98. The summed E-state index contributed by atoms with van der Waals surface area (Å²) in [5.41, 5.74) is 2.64. The Morgan fingerprint density at radius 1 is 1.30 bits per heavy atom. The number of H-pyrrole nitrogens is 1. The van der Waals surface area contributed by atoms with Gasteiger partial charge in [-0.05, 0) is 30.4 Å². The number of nitrogens with zero attached hydrogens (tertiary/aromatic N) is 1. The van der Waals surface area contributed by atoms with E-state index in [1.165, 1.54) is 11.8 Å². The summed E-state index contributed by atoms with van der Waals surface area (Å²) >= 11 is 1.45. The Hall–Kier alpha value is -1.75. The lowest BCUT2D eigenvalue weighted by molar-refractivity contribution is 0.414. The average molecular weight is 290 g/mol. The van der Waals surface area contributed by atoms with Gasteiger partial charge in [0.25, 0.3) is 5.56 Å². The van der Waals surface area contributed by atoms with Crippen molar-refractivity contribution in [1.82, 2.24) is 9.97 Å². The van der Waals surface area contributed by atoms with Gasteiger partial charge in [0.05, 0.1) is 12.8 Å². The average Bonchev–Trinajstić information content (AvgIpc) is 2.49. The highest BCUT2D eigenvalue weighted by atomic mass is 32.2.